The third-order valence-corrected chi connectivity index (χ3v) is 5.18. The fraction of sp³-hybridized carbons (Fsp3) is 0.600. The summed E-state index contributed by atoms with van der Waals surface area (Å²) in [5.74, 6) is 0.781. The van der Waals surface area contributed by atoms with Gasteiger partial charge in [0.15, 0.2) is 0 Å². The van der Waals surface area contributed by atoms with Crippen LogP contribution in [-0.2, 0) is 6.42 Å². The van der Waals surface area contributed by atoms with Crippen LogP contribution in [-0.4, -0.2) is 33.4 Å². The molecule has 0 spiro atoms. The van der Waals surface area contributed by atoms with Crippen LogP contribution in [0.4, 0.5) is 0 Å². The molecule has 0 atom stereocenters. The van der Waals surface area contributed by atoms with E-state index in [4.69, 9.17) is 5.41 Å². The molecule has 0 unspecified atom stereocenters. The molecule has 0 bridgehead atoms. The number of hydrogen-bond acceptors (Lipinski definition) is 4. The molecule has 2 aliphatic rings. The molecular weight excluding hydrogens is 270 g/mol. The molecule has 1 aliphatic heterocycles. The number of nitrogens with zero attached hydrogens (tertiary/aromatic N) is 2. The first-order valence-electron chi connectivity index (χ1n) is 7.43. The molecule has 0 saturated heterocycles. The van der Waals surface area contributed by atoms with Crippen molar-refractivity contribution in [3.63, 3.8) is 0 Å². The van der Waals surface area contributed by atoms with Crippen LogP contribution in [0.1, 0.15) is 49.7 Å². The topological polar surface area (TPSA) is 60.2 Å². The minimum absolute atomic E-state index is 0.317. The molecule has 0 radical (unpaired) electrons. The van der Waals surface area contributed by atoms with E-state index in [1.165, 1.54) is 30.6 Å². The van der Waals surface area contributed by atoms with Gasteiger partial charge in [0.1, 0.15) is 16.6 Å². The first-order valence-corrected chi connectivity index (χ1v) is 8.31. The lowest BCUT2D eigenvalue weighted by Crippen LogP contribution is -2.38. The summed E-state index contributed by atoms with van der Waals surface area (Å²) in [6.07, 6.45) is 6.95. The predicted octanol–water partition coefficient (Wildman–Crippen LogP) is 3.60. The maximum absolute atomic E-state index is 10.3. The van der Waals surface area contributed by atoms with Gasteiger partial charge >= 0.3 is 0 Å². The lowest BCUT2D eigenvalue weighted by atomic mass is 9.94. The minimum Gasteiger partial charge on any atom is -0.510 e. The van der Waals surface area contributed by atoms with Crippen LogP contribution in [0.2, 0.25) is 0 Å². The van der Waals surface area contributed by atoms with Crippen molar-refractivity contribution in [1.82, 2.24) is 9.88 Å². The number of aliphatic hydroxyl groups is 1. The minimum atomic E-state index is 0.317. The standard InChI is InChI=1S/C15H21N3OS/c1-2-10-9-20-15(17-10)13-12(19)8-18(14(13)16)11-6-4-3-5-7-11/h9,11,16,19H,2-8H2,1H3. The number of aryl methyl sites for hydroxylation is 1. The normalized spacial score (nSPS) is 21.1. The summed E-state index contributed by atoms with van der Waals surface area (Å²) in [5.41, 5.74) is 1.69. The molecule has 20 heavy (non-hydrogen) atoms. The molecule has 2 heterocycles. The van der Waals surface area contributed by atoms with Gasteiger partial charge in [-0.15, -0.1) is 11.3 Å². The van der Waals surface area contributed by atoms with Crippen molar-refractivity contribution in [2.24, 2.45) is 0 Å². The van der Waals surface area contributed by atoms with Gasteiger partial charge in [0.2, 0.25) is 0 Å². The number of hydrogen-bond donors (Lipinski definition) is 2. The SMILES string of the molecule is CCc1csc(C2=C(O)CN(C3CCCCC3)C2=N)n1. The van der Waals surface area contributed by atoms with E-state index in [0.717, 1.165) is 30.0 Å². The van der Waals surface area contributed by atoms with Gasteiger partial charge in [-0.25, -0.2) is 4.98 Å². The Hall–Kier alpha value is -1.36. The number of thiazole rings is 1. The number of nitrogens with one attached hydrogen (secondary N) is 1. The molecule has 0 amide bonds. The molecule has 1 fully saturated rings. The van der Waals surface area contributed by atoms with Gasteiger partial charge in [-0.2, -0.15) is 0 Å². The second-order valence-corrected chi connectivity index (χ2v) is 6.45. The molecule has 4 nitrogen and oxygen atoms in total. The van der Waals surface area contributed by atoms with E-state index in [2.05, 4.69) is 16.8 Å². The van der Waals surface area contributed by atoms with Crippen molar-refractivity contribution in [3.05, 3.63) is 21.8 Å². The fourth-order valence-electron chi connectivity index (χ4n) is 3.11. The summed E-state index contributed by atoms with van der Waals surface area (Å²) < 4.78 is 0. The molecule has 1 aliphatic carbocycles. The highest BCUT2D eigenvalue weighted by Crippen LogP contribution is 2.34. The summed E-state index contributed by atoms with van der Waals surface area (Å²) in [6.45, 7) is 2.56. The van der Waals surface area contributed by atoms with Gasteiger partial charge in [-0.05, 0) is 19.3 Å². The predicted molar refractivity (Wildman–Crippen MR) is 82.3 cm³/mol. The lowest BCUT2D eigenvalue weighted by molar-refractivity contribution is 0.241. The quantitative estimate of drug-likeness (QED) is 0.894. The zero-order valence-corrected chi connectivity index (χ0v) is 12.7. The maximum atomic E-state index is 10.3. The molecule has 2 N–H and O–H groups in total. The van der Waals surface area contributed by atoms with Crippen molar-refractivity contribution in [2.75, 3.05) is 6.54 Å². The van der Waals surface area contributed by atoms with E-state index in [1.54, 1.807) is 0 Å². The van der Waals surface area contributed by atoms with E-state index >= 15 is 0 Å². The van der Waals surface area contributed by atoms with Crippen molar-refractivity contribution in [2.45, 2.75) is 51.5 Å². The molecule has 5 heteroatoms. The summed E-state index contributed by atoms with van der Waals surface area (Å²) in [7, 11) is 0. The third-order valence-electron chi connectivity index (χ3n) is 4.28. The average molecular weight is 291 g/mol. The Kier molecular flexibility index (Phi) is 3.78. The zero-order chi connectivity index (χ0) is 14.1. The van der Waals surface area contributed by atoms with E-state index in [-0.39, 0.29) is 0 Å². The Bertz CT molecular complexity index is 543. The molecule has 108 valence electrons. The van der Waals surface area contributed by atoms with Crippen molar-refractivity contribution in [3.8, 4) is 0 Å². The molecular formula is C15H21N3OS. The molecule has 0 aromatic carbocycles. The second kappa shape index (κ2) is 5.56. The highest BCUT2D eigenvalue weighted by atomic mass is 32.1. The van der Waals surface area contributed by atoms with E-state index in [9.17, 15) is 5.11 Å². The number of amidine groups is 1. The number of aliphatic hydroxyl groups excluding tert-OH is 1. The Morgan fingerprint density at radius 2 is 2.15 bits per heavy atom. The van der Waals surface area contributed by atoms with Crippen LogP contribution in [0, 0.1) is 5.41 Å². The van der Waals surface area contributed by atoms with Crippen LogP contribution >= 0.6 is 11.3 Å². The highest BCUT2D eigenvalue weighted by Gasteiger charge is 2.34. The van der Waals surface area contributed by atoms with Crippen molar-refractivity contribution < 1.29 is 5.11 Å². The lowest BCUT2D eigenvalue weighted by Gasteiger charge is -2.32. The summed E-state index contributed by atoms with van der Waals surface area (Å²) in [6, 6.07) is 0.418. The Labute approximate surface area is 123 Å². The molecule has 1 aromatic rings. The van der Waals surface area contributed by atoms with E-state index in [1.807, 2.05) is 5.38 Å². The number of aromatic nitrogens is 1. The van der Waals surface area contributed by atoms with E-state index in [0.29, 0.717) is 29.8 Å². The molecule has 1 saturated carbocycles. The van der Waals surface area contributed by atoms with Gasteiger partial charge < -0.3 is 10.0 Å². The first-order chi connectivity index (χ1) is 9.70. The average Bonchev–Trinajstić information content (AvgIpc) is 3.04. The first kappa shape index (κ1) is 13.6. The summed E-state index contributed by atoms with van der Waals surface area (Å²) >= 11 is 1.53. The fourth-order valence-corrected chi connectivity index (χ4v) is 4.08. The van der Waals surface area contributed by atoms with Crippen molar-refractivity contribution in [1.29, 1.82) is 5.41 Å². The highest BCUT2D eigenvalue weighted by molar-refractivity contribution is 7.11. The van der Waals surface area contributed by atoms with Crippen LogP contribution in [0.3, 0.4) is 0 Å². The third kappa shape index (κ3) is 2.35. The monoisotopic (exact) mass is 291 g/mol. The van der Waals surface area contributed by atoms with Gasteiger partial charge in [-0.1, -0.05) is 26.2 Å². The molecule has 3 rings (SSSR count). The van der Waals surface area contributed by atoms with Gasteiger partial charge in [0, 0.05) is 11.4 Å². The summed E-state index contributed by atoms with van der Waals surface area (Å²) in [5, 5.41) is 21.5. The Morgan fingerprint density at radius 1 is 1.40 bits per heavy atom. The molecule has 1 aromatic heterocycles. The van der Waals surface area contributed by atoms with Crippen LogP contribution < -0.4 is 0 Å². The van der Waals surface area contributed by atoms with Gasteiger partial charge in [0.25, 0.3) is 0 Å². The number of rotatable bonds is 3. The van der Waals surface area contributed by atoms with Gasteiger partial charge in [-0.3, -0.25) is 5.41 Å². The van der Waals surface area contributed by atoms with Crippen LogP contribution in [0.25, 0.3) is 5.57 Å². The van der Waals surface area contributed by atoms with Gasteiger partial charge in [0.05, 0.1) is 17.8 Å². The summed E-state index contributed by atoms with van der Waals surface area (Å²) in [4.78, 5) is 6.59. The van der Waals surface area contributed by atoms with Crippen LogP contribution in [0.15, 0.2) is 11.1 Å². The Morgan fingerprint density at radius 3 is 2.80 bits per heavy atom. The van der Waals surface area contributed by atoms with Crippen LogP contribution in [0.5, 0.6) is 0 Å². The largest absolute Gasteiger partial charge is 0.510 e. The second-order valence-electron chi connectivity index (χ2n) is 5.59. The smallest absolute Gasteiger partial charge is 0.135 e. The Balaban J connectivity index is 1.81. The van der Waals surface area contributed by atoms with E-state index < -0.39 is 0 Å². The van der Waals surface area contributed by atoms with Crippen molar-refractivity contribution >= 4 is 22.7 Å². The maximum Gasteiger partial charge on any atom is 0.135 e. The zero-order valence-electron chi connectivity index (χ0n) is 11.9.